The number of halogens is 1. The first kappa shape index (κ1) is 8.75. The molecular weight excluding hydrogens is 232 g/mol. The van der Waals surface area contributed by atoms with E-state index in [1.54, 1.807) is 0 Å². The van der Waals surface area contributed by atoms with Crippen LogP contribution in [0.2, 0.25) is 0 Å². The Hall–Kier alpha value is -0.830. The Morgan fingerprint density at radius 3 is 2.62 bits per heavy atom. The number of hydrogen-bond donors (Lipinski definition) is 0. The monoisotopic (exact) mass is 240 g/mol. The van der Waals surface area contributed by atoms with Crippen molar-refractivity contribution >= 4 is 21.9 Å². The summed E-state index contributed by atoms with van der Waals surface area (Å²) in [7, 11) is 0. The highest BCUT2D eigenvalue weighted by atomic mass is 79.9. The van der Waals surface area contributed by atoms with Crippen LogP contribution in [-0.2, 0) is 9.53 Å². The zero-order valence-electron chi connectivity index (χ0n) is 7.16. The van der Waals surface area contributed by atoms with Crippen molar-refractivity contribution < 1.29 is 9.53 Å². The number of benzene rings is 1. The van der Waals surface area contributed by atoms with Gasteiger partial charge in [0.2, 0.25) is 0 Å². The van der Waals surface area contributed by atoms with E-state index in [9.17, 15) is 4.79 Å². The molecule has 1 aromatic carbocycles. The molecule has 0 saturated heterocycles. The van der Waals surface area contributed by atoms with Crippen LogP contribution < -0.4 is 0 Å². The minimum atomic E-state index is -0.306. The van der Waals surface area contributed by atoms with E-state index in [-0.39, 0.29) is 16.9 Å². The van der Waals surface area contributed by atoms with Gasteiger partial charge in [0.25, 0.3) is 0 Å². The van der Waals surface area contributed by atoms with Gasteiger partial charge in [0, 0.05) is 0 Å². The van der Waals surface area contributed by atoms with E-state index in [1.165, 1.54) is 0 Å². The van der Waals surface area contributed by atoms with Gasteiger partial charge in [-0.15, -0.1) is 0 Å². The Morgan fingerprint density at radius 1 is 1.31 bits per heavy atom. The molecule has 2 rings (SSSR count). The fourth-order valence-corrected chi connectivity index (χ4v) is 2.06. The molecule has 13 heavy (non-hydrogen) atoms. The summed E-state index contributed by atoms with van der Waals surface area (Å²) in [6.07, 6.45) is -0.127. The maximum Gasteiger partial charge on any atom is 0.324 e. The van der Waals surface area contributed by atoms with Crippen molar-refractivity contribution in [2.24, 2.45) is 0 Å². The quantitative estimate of drug-likeness (QED) is 0.515. The molecule has 1 aliphatic rings. The summed E-state index contributed by atoms with van der Waals surface area (Å²) < 4.78 is 5.14. The third-order valence-corrected chi connectivity index (χ3v) is 3.07. The van der Waals surface area contributed by atoms with Crippen LogP contribution >= 0.6 is 15.9 Å². The largest absolute Gasteiger partial charge is 0.457 e. The number of carbonyl (C=O) groups excluding carboxylic acids is 1. The van der Waals surface area contributed by atoms with E-state index in [1.807, 2.05) is 31.2 Å². The normalized spacial score (nSPS) is 26.5. The molecule has 0 fully saturated rings. The minimum Gasteiger partial charge on any atom is -0.457 e. The fraction of sp³-hybridized carbons (Fsp3) is 0.300. The van der Waals surface area contributed by atoms with Gasteiger partial charge in [0.05, 0.1) is 0 Å². The van der Waals surface area contributed by atoms with Crippen LogP contribution in [0.4, 0.5) is 0 Å². The van der Waals surface area contributed by atoms with E-state index < -0.39 is 0 Å². The molecular formula is C10H9BrO2. The summed E-state index contributed by atoms with van der Waals surface area (Å²) in [6.45, 7) is 1.88. The number of cyclic esters (lactones) is 1. The van der Waals surface area contributed by atoms with Crippen LogP contribution in [-0.4, -0.2) is 5.97 Å². The zero-order chi connectivity index (χ0) is 9.42. The first-order valence-corrected chi connectivity index (χ1v) is 5.05. The Morgan fingerprint density at radius 2 is 1.92 bits per heavy atom. The van der Waals surface area contributed by atoms with Gasteiger partial charge in [-0.2, -0.15) is 0 Å². The molecule has 2 atom stereocenters. The first-order chi connectivity index (χ1) is 6.20. The van der Waals surface area contributed by atoms with Gasteiger partial charge in [-0.3, -0.25) is 4.79 Å². The number of hydrogen-bond acceptors (Lipinski definition) is 2. The summed E-state index contributed by atoms with van der Waals surface area (Å²) in [5.41, 5.74) is 2.11. The molecule has 3 heteroatoms. The number of rotatable bonds is 0. The molecule has 0 radical (unpaired) electrons. The third-order valence-electron chi connectivity index (χ3n) is 2.21. The second-order valence-electron chi connectivity index (χ2n) is 3.07. The lowest BCUT2D eigenvalue weighted by Crippen LogP contribution is -2.21. The predicted molar refractivity (Wildman–Crippen MR) is 52.6 cm³/mol. The lowest BCUT2D eigenvalue weighted by Gasteiger charge is -2.25. The lowest BCUT2D eigenvalue weighted by molar-refractivity contribution is -0.149. The first-order valence-electron chi connectivity index (χ1n) is 4.13. The van der Waals surface area contributed by atoms with Crippen LogP contribution in [0, 0.1) is 0 Å². The van der Waals surface area contributed by atoms with Crippen molar-refractivity contribution in [3.63, 3.8) is 0 Å². The molecule has 2 nitrogen and oxygen atoms in total. The number of fused-ring (bicyclic) bond motifs is 1. The van der Waals surface area contributed by atoms with Crippen molar-refractivity contribution in [2.45, 2.75) is 17.9 Å². The van der Waals surface area contributed by atoms with E-state index >= 15 is 0 Å². The maximum atomic E-state index is 11.3. The van der Waals surface area contributed by atoms with Gasteiger partial charge < -0.3 is 4.74 Å². The summed E-state index contributed by atoms with van der Waals surface area (Å²) >= 11 is 3.31. The smallest absolute Gasteiger partial charge is 0.324 e. The van der Waals surface area contributed by atoms with Crippen molar-refractivity contribution in [1.29, 1.82) is 0 Å². The molecule has 0 spiro atoms. The SMILES string of the molecule is C[C@@H]1OC(=O)[C@@H](Br)c2ccccc21. The highest BCUT2D eigenvalue weighted by Gasteiger charge is 2.30. The predicted octanol–water partition coefficient (Wildman–Crippen LogP) is 2.74. The molecule has 0 N–H and O–H groups in total. The molecule has 0 aliphatic carbocycles. The van der Waals surface area contributed by atoms with E-state index in [2.05, 4.69) is 15.9 Å². The highest BCUT2D eigenvalue weighted by Crippen LogP contribution is 2.37. The van der Waals surface area contributed by atoms with Gasteiger partial charge >= 0.3 is 5.97 Å². The van der Waals surface area contributed by atoms with Crippen LogP contribution in [0.3, 0.4) is 0 Å². The summed E-state index contributed by atoms with van der Waals surface area (Å²) in [4.78, 5) is 11.0. The minimum absolute atomic E-state index is 0.127. The van der Waals surface area contributed by atoms with Crippen LogP contribution in [0.5, 0.6) is 0 Å². The highest BCUT2D eigenvalue weighted by molar-refractivity contribution is 9.09. The molecule has 1 aromatic rings. The molecule has 1 heterocycles. The van der Waals surface area contributed by atoms with Crippen molar-refractivity contribution in [3.8, 4) is 0 Å². The molecule has 68 valence electrons. The van der Waals surface area contributed by atoms with Crippen LogP contribution in [0.15, 0.2) is 24.3 Å². The van der Waals surface area contributed by atoms with Gasteiger partial charge in [0.15, 0.2) is 0 Å². The summed E-state index contributed by atoms with van der Waals surface area (Å²) in [5.74, 6) is -0.203. The fourth-order valence-electron chi connectivity index (χ4n) is 1.54. The average molecular weight is 241 g/mol. The number of alkyl halides is 1. The molecule has 0 amide bonds. The number of esters is 1. The van der Waals surface area contributed by atoms with Crippen molar-refractivity contribution in [1.82, 2.24) is 0 Å². The molecule has 0 unspecified atom stereocenters. The van der Waals surface area contributed by atoms with Crippen LogP contribution in [0.25, 0.3) is 0 Å². The van der Waals surface area contributed by atoms with Gasteiger partial charge in [0.1, 0.15) is 10.9 Å². The Bertz CT molecular complexity index is 349. The summed E-state index contributed by atoms with van der Waals surface area (Å²) in [5, 5.41) is 0. The van der Waals surface area contributed by atoms with E-state index in [0.29, 0.717) is 0 Å². The Kier molecular flexibility index (Phi) is 2.12. The van der Waals surface area contributed by atoms with Crippen molar-refractivity contribution in [3.05, 3.63) is 35.4 Å². The maximum absolute atomic E-state index is 11.3. The standard InChI is InChI=1S/C10H9BrO2/c1-6-7-4-2-3-5-8(7)9(11)10(12)13-6/h2-6,9H,1H3/t6-,9-/m0/s1. The topological polar surface area (TPSA) is 26.3 Å². The number of ether oxygens (including phenoxy) is 1. The van der Waals surface area contributed by atoms with Gasteiger partial charge in [-0.25, -0.2) is 0 Å². The lowest BCUT2D eigenvalue weighted by atomic mass is 9.98. The van der Waals surface area contributed by atoms with Gasteiger partial charge in [-0.05, 0) is 18.1 Å². The molecule has 0 bridgehead atoms. The van der Waals surface area contributed by atoms with Crippen molar-refractivity contribution in [2.75, 3.05) is 0 Å². The Balaban J connectivity index is 2.53. The second kappa shape index (κ2) is 3.14. The van der Waals surface area contributed by atoms with E-state index in [0.717, 1.165) is 11.1 Å². The zero-order valence-corrected chi connectivity index (χ0v) is 8.74. The average Bonchev–Trinajstić information content (AvgIpc) is 2.15. The molecule has 0 aromatic heterocycles. The third kappa shape index (κ3) is 1.37. The Labute approximate surface area is 85.0 Å². The molecule has 0 saturated carbocycles. The second-order valence-corrected chi connectivity index (χ2v) is 3.99. The van der Waals surface area contributed by atoms with Crippen LogP contribution in [0.1, 0.15) is 29.0 Å². The summed E-state index contributed by atoms with van der Waals surface area (Å²) in [6, 6.07) is 7.82. The molecule has 1 aliphatic heterocycles. The van der Waals surface area contributed by atoms with E-state index in [4.69, 9.17) is 4.74 Å². The van der Waals surface area contributed by atoms with Gasteiger partial charge in [-0.1, -0.05) is 40.2 Å². The number of carbonyl (C=O) groups is 1.